The third kappa shape index (κ3) is 3.01. The zero-order valence-electron chi connectivity index (χ0n) is 10.6. The van der Waals surface area contributed by atoms with Crippen LogP contribution >= 0.6 is 0 Å². The van der Waals surface area contributed by atoms with E-state index >= 15 is 0 Å². The quantitative estimate of drug-likeness (QED) is 0.644. The van der Waals surface area contributed by atoms with Crippen molar-refractivity contribution in [3.05, 3.63) is 33.9 Å². The number of hydrogen-bond donors (Lipinski definition) is 2. The molecule has 1 aromatic carbocycles. The van der Waals surface area contributed by atoms with Crippen LogP contribution in [0.15, 0.2) is 18.2 Å². The van der Waals surface area contributed by atoms with Gasteiger partial charge in [-0.15, -0.1) is 0 Å². The number of rotatable bonds is 4. The Balaban J connectivity index is 2.04. The first-order chi connectivity index (χ1) is 8.97. The van der Waals surface area contributed by atoms with Gasteiger partial charge in [0.25, 0.3) is 5.69 Å². The largest absolute Gasteiger partial charge is 0.481 e. The second kappa shape index (κ2) is 5.26. The Hall–Kier alpha value is -2.11. The number of carbonyl (C=O) groups is 1. The van der Waals surface area contributed by atoms with Gasteiger partial charge in [-0.05, 0) is 37.8 Å². The second-order valence-electron chi connectivity index (χ2n) is 4.95. The van der Waals surface area contributed by atoms with E-state index in [4.69, 9.17) is 5.11 Å². The highest BCUT2D eigenvalue weighted by atomic mass is 16.6. The molecule has 2 atom stereocenters. The van der Waals surface area contributed by atoms with Gasteiger partial charge in [0.15, 0.2) is 0 Å². The van der Waals surface area contributed by atoms with Crippen LogP contribution in [-0.2, 0) is 4.79 Å². The number of non-ortho nitro benzene ring substituents is 1. The molecule has 1 saturated carbocycles. The molecule has 19 heavy (non-hydrogen) atoms. The van der Waals surface area contributed by atoms with Crippen molar-refractivity contribution in [2.45, 2.75) is 32.2 Å². The number of anilines is 1. The zero-order valence-corrected chi connectivity index (χ0v) is 10.6. The molecule has 0 spiro atoms. The monoisotopic (exact) mass is 264 g/mol. The number of benzene rings is 1. The summed E-state index contributed by atoms with van der Waals surface area (Å²) in [5.41, 5.74) is 1.70. The van der Waals surface area contributed by atoms with E-state index in [0.717, 1.165) is 17.7 Å². The fourth-order valence-corrected chi connectivity index (χ4v) is 2.48. The van der Waals surface area contributed by atoms with Crippen molar-refractivity contribution >= 4 is 17.3 Å². The van der Waals surface area contributed by atoms with Gasteiger partial charge in [-0.1, -0.05) is 0 Å². The molecule has 0 saturated heterocycles. The molecule has 0 radical (unpaired) electrons. The molecule has 6 heteroatoms. The molecular weight excluding hydrogens is 248 g/mol. The van der Waals surface area contributed by atoms with Gasteiger partial charge >= 0.3 is 5.97 Å². The molecule has 0 heterocycles. The zero-order chi connectivity index (χ0) is 14.0. The molecule has 0 aromatic heterocycles. The first-order valence-electron chi connectivity index (χ1n) is 6.21. The summed E-state index contributed by atoms with van der Waals surface area (Å²) >= 11 is 0. The van der Waals surface area contributed by atoms with Gasteiger partial charge in [0.2, 0.25) is 0 Å². The van der Waals surface area contributed by atoms with E-state index in [0.29, 0.717) is 12.8 Å². The number of nitro benzene ring substituents is 1. The third-order valence-corrected chi connectivity index (χ3v) is 3.56. The molecule has 6 nitrogen and oxygen atoms in total. The lowest BCUT2D eigenvalue weighted by atomic mass is 10.1. The maximum Gasteiger partial charge on any atom is 0.306 e. The molecule has 1 aliphatic carbocycles. The Kier molecular flexibility index (Phi) is 3.69. The first kappa shape index (κ1) is 13.3. The van der Waals surface area contributed by atoms with Crippen LogP contribution in [0.5, 0.6) is 0 Å². The normalized spacial score (nSPS) is 22.2. The lowest BCUT2D eigenvalue weighted by Gasteiger charge is -2.15. The summed E-state index contributed by atoms with van der Waals surface area (Å²) in [6.07, 6.45) is 2.10. The number of hydrogen-bond acceptors (Lipinski definition) is 4. The summed E-state index contributed by atoms with van der Waals surface area (Å²) in [5.74, 6) is -1.03. The van der Waals surface area contributed by atoms with Gasteiger partial charge in [-0.25, -0.2) is 0 Å². The smallest absolute Gasteiger partial charge is 0.306 e. The lowest BCUT2D eigenvalue weighted by Crippen LogP contribution is -2.18. The highest BCUT2D eigenvalue weighted by Crippen LogP contribution is 2.30. The van der Waals surface area contributed by atoms with Crippen LogP contribution in [0.25, 0.3) is 0 Å². The van der Waals surface area contributed by atoms with Crippen molar-refractivity contribution in [2.24, 2.45) is 5.92 Å². The van der Waals surface area contributed by atoms with E-state index < -0.39 is 10.9 Å². The summed E-state index contributed by atoms with van der Waals surface area (Å²) in [6.45, 7) is 1.80. The number of carboxylic acid groups (broad SMARTS) is 1. The van der Waals surface area contributed by atoms with Crippen molar-refractivity contribution in [2.75, 3.05) is 5.32 Å². The highest BCUT2D eigenvalue weighted by Gasteiger charge is 2.29. The summed E-state index contributed by atoms with van der Waals surface area (Å²) in [5, 5.41) is 22.9. The fraction of sp³-hybridized carbons (Fsp3) is 0.462. The van der Waals surface area contributed by atoms with Gasteiger partial charge in [-0.3, -0.25) is 14.9 Å². The number of aryl methyl sites for hydroxylation is 1. The van der Waals surface area contributed by atoms with Crippen LogP contribution in [-0.4, -0.2) is 22.0 Å². The molecule has 1 aliphatic rings. The number of nitro groups is 1. The topological polar surface area (TPSA) is 92.5 Å². The Bertz CT molecular complexity index is 515. The van der Waals surface area contributed by atoms with E-state index in [9.17, 15) is 14.9 Å². The SMILES string of the molecule is Cc1cc([N+](=O)[O-])ccc1NC1CCC(C(=O)O)C1. The summed E-state index contributed by atoms with van der Waals surface area (Å²) in [7, 11) is 0. The number of carboxylic acids is 1. The average molecular weight is 264 g/mol. The van der Waals surface area contributed by atoms with Crippen LogP contribution in [0.3, 0.4) is 0 Å². The van der Waals surface area contributed by atoms with Gasteiger partial charge in [0.05, 0.1) is 10.8 Å². The number of aliphatic carboxylic acids is 1. The lowest BCUT2D eigenvalue weighted by molar-refractivity contribution is -0.384. The Morgan fingerprint density at radius 1 is 1.47 bits per heavy atom. The van der Waals surface area contributed by atoms with Gasteiger partial charge in [-0.2, -0.15) is 0 Å². The van der Waals surface area contributed by atoms with Crippen LogP contribution < -0.4 is 5.32 Å². The molecule has 2 rings (SSSR count). The van der Waals surface area contributed by atoms with Gasteiger partial charge < -0.3 is 10.4 Å². The summed E-state index contributed by atoms with van der Waals surface area (Å²) in [6, 6.07) is 4.79. The maximum atomic E-state index is 10.9. The number of nitrogens with one attached hydrogen (secondary N) is 1. The molecule has 0 bridgehead atoms. The maximum absolute atomic E-state index is 10.9. The van der Waals surface area contributed by atoms with Gasteiger partial charge in [0, 0.05) is 23.9 Å². The Labute approximate surface area is 110 Å². The number of nitrogens with zero attached hydrogens (tertiary/aromatic N) is 1. The van der Waals surface area contributed by atoms with Crippen LogP contribution in [0.4, 0.5) is 11.4 Å². The van der Waals surface area contributed by atoms with Crippen LogP contribution in [0.1, 0.15) is 24.8 Å². The molecule has 1 aromatic rings. The van der Waals surface area contributed by atoms with Crippen molar-refractivity contribution in [1.29, 1.82) is 0 Å². The highest BCUT2D eigenvalue weighted by molar-refractivity contribution is 5.70. The predicted octanol–water partition coefficient (Wildman–Crippen LogP) is 2.57. The first-order valence-corrected chi connectivity index (χ1v) is 6.21. The predicted molar refractivity (Wildman–Crippen MR) is 70.2 cm³/mol. The standard InChI is InChI=1S/C13H16N2O4/c1-8-6-11(15(18)19)4-5-12(8)14-10-3-2-9(7-10)13(16)17/h4-6,9-10,14H,2-3,7H2,1H3,(H,16,17). The van der Waals surface area contributed by atoms with E-state index in [-0.39, 0.29) is 17.6 Å². The fourth-order valence-electron chi connectivity index (χ4n) is 2.48. The third-order valence-electron chi connectivity index (χ3n) is 3.56. The van der Waals surface area contributed by atoms with Gasteiger partial charge in [0.1, 0.15) is 0 Å². The molecule has 1 fully saturated rings. The van der Waals surface area contributed by atoms with Crippen molar-refractivity contribution in [3.8, 4) is 0 Å². The Morgan fingerprint density at radius 2 is 2.21 bits per heavy atom. The van der Waals surface area contributed by atoms with E-state index in [1.54, 1.807) is 13.0 Å². The molecule has 0 aliphatic heterocycles. The average Bonchev–Trinajstić information content (AvgIpc) is 2.80. The van der Waals surface area contributed by atoms with Crippen molar-refractivity contribution < 1.29 is 14.8 Å². The van der Waals surface area contributed by atoms with Crippen LogP contribution in [0, 0.1) is 23.0 Å². The molecular formula is C13H16N2O4. The van der Waals surface area contributed by atoms with E-state index in [2.05, 4.69) is 5.32 Å². The summed E-state index contributed by atoms with van der Waals surface area (Å²) < 4.78 is 0. The van der Waals surface area contributed by atoms with E-state index in [1.165, 1.54) is 12.1 Å². The Morgan fingerprint density at radius 3 is 2.74 bits per heavy atom. The minimum atomic E-state index is -0.746. The molecule has 2 unspecified atom stereocenters. The minimum absolute atomic E-state index is 0.0675. The van der Waals surface area contributed by atoms with Crippen LogP contribution in [0.2, 0.25) is 0 Å². The summed E-state index contributed by atoms with van der Waals surface area (Å²) in [4.78, 5) is 21.1. The molecule has 2 N–H and O–H groups in total. The van der Waals surface area contributed by atoms with Crippen molar-refractivity contribution in [3.63, 3.8) is 0 Å². The molecule has 0 amide bonds. The van der Waals surface area contributed by atoms with E-state index in [1.807, 2.05) is 0 Å². The van der Waals surface area contributed by atoms with Crippen molar-refractivity contribution in [1.82, 2.24) is 0 Å². The minimum Gasteiger partial charge on any atom is -0.481 e. The second-order valence-corrected chi connectivity index (χ2v) is 4.95. The molecule has 102 valence electrons.